The number of amides is 1. The minimum absolute atomic E-state index is 0.00115. The number of hydrogen-bond donors (Lipinski definition) is 1. The van der Waals surface area contributed by atoms with Gasteiger partial charge in [0.2, 0.25) is 5.91 Å². The zero-order chi connectivity index (χ0) is 17.3. The van der Waals surface area contributed by atoms with Crippen LogP contribution in [0.25, 0.3) is 11.0 Å². The highest BCUT2D eigenvalue weighted by Gasteiger charge is 2.20. The summed E-state index contributed by atoms with van der Waals surface area (Å²) in [6, 6.07) is 5.63. The van der Waals surface area contributed by atoms with Crippen LogP contribution in [0.5, 0.6) is 0 Å². The topological polar surface area (TPSA) is 62.6 Å². The predicted octanol–water partition coefficient (Wildman–Crippen LogP) is 3.22. The van der Waals surface area contributed by atoms with E-state index < -0.39 is 0 Å². The Balaban J connectivity index is 1.80. The first-order chi connectivity index (χ1) is 11.4. The number of carbonyl (C=O) groups is 1. The Bertz CT molecular complexity index is 825. The van der Waals surface area contributed by atoms with Crippen molar-refractivity contribution in [1.82, 2.24) is 4.90 Å². The highest BCUT2D eigenvalue weighted by Crippen LogP contribution is 2.25. The van der Waals surface area contributed by atoms with Crippen LogP contribution in [0.2, 0.25) is 0 Å². The van der Waals surface area contributed by atoms with Crippen LogP contribution in [-0.4, -0.2) is 29.9 Å². The van der Waals surface area contributed by atoms with Gasteiger partial charge in [0.05, 0.1) is 6.54 Å². The molecule has 1 aliphatic heterocycles. The number of likely N-dealkylation sites (tertiary alicyclic amines) is 1. The Morgan fingerprint density at radius 3 is 2.79 bits per heavy atom. The van der Waals surface area contributed by atoms with Crippen LogP contribution >= 0.6 is 0 Å². The number of hydrogen-bond acceptors (Lipinski definition) is 4. The van der Waals surface area contributed by atoms with Crippen molar-refractivity contribution >= 4 is 22.6 Å². The highest BCUT2D eigenvalue weighted by molar-refractivity contribution is 5.96. The maximum atomic E-state index is 12.4. The van der Waals surface area contributed by atoms with E-state index in [9.17, 15) is 9.59 Å². The third-order valence-corrected chi connectivity index (χ3v) is 4.86. The van der Waals surface area contributed by atoms with Crippen LogP contribution in [-0.2, 0) is 4.79 Å². The van der Waals surface area contributed by atoms with Gasteiger partial charge in [0.15, 0.2) is 0 Å². The van der Waals surface area contributed by atoms with Crippen LogP contribution < -0.4 is 10.9 Å². The summed E-state index contributed by atoms with van der Waals surface area (Å²) in [5.74, 6) is 0.00115. The van der Waals surface area contributed by atoms with Crippen molar-refractivity contribution in [3.05, 3.63) is 39.7 Å². The maximum Gasteiger partial charge on any atom is 0.336 e. The molecule has 0 aliphatic carbocycles. The van der Waals surface area contributed by atoms with Crippen LogP contribution in [0, 0.1) is 13.8 Å². The number of aryl methyl sites for hydroxylation is 2. The van der Waals surface area contributed by atoms with Crippen molar-refractivity contribution in [3.8, 4) is 0 Å². The highest BCUT2D eigenvalue weighted by atomic mass is 16.4. The molecule has 1 aromatic heterocycles. The third kappa shape index (κ3) is 3.51. The van der Waals surface area contributed by atoms with E-state index in [1.807, 2.05) is 26.0 Å². The monoisotopic (exact) mass is 328 g/mol. The fraction of sp³-hybridized carbons (Fsp3) is 0.474. The summed E-state index contributed by atoms with van der Waals surface area (Å²) in [6.45, 7) is 7.35. The van der Waals surface area contributed by atoms with Gasteiger partial charge in [-0.3, -0.25) is 9.69 Å². The van der Waals surface area contributed by atoms with E-state index in [1.54, 1.807) is 0 Å². The molecule has 1 saturated heterocycles. The summed E-state index contributed by atoms with van der Waals surface area (Å²) in [6.07, 6.45) is 3.55. The summed E-state index contributed by atoms with van der Waals surface area (Å²) in [5, 5.41) is 3.86. The second-order valence-corrected chi connectivity index (χ2v) is 6.78. The predicted molar refractivity (Wildman–Crippen MR) is 95.5 cm³/mol. The van der Waals surface area contributed by atoms with Gasteiger partial charge in [-0.2, -0.15) is 0 Å². The van der Waals surface area contributed by atoms with E-state index in [1.165, 1.54) is 12.5 Å². The number of fused-ring (bicyclic) bond motifs is 1. The summed E-state index contributed by atoms with van der Waals surface area (Å²) in [7, 11) is 0. The second kappa shape index (κ2) is 6.77. The van der Waals surface area contributed by atoms with E-state index >= 15 is 0 Å². The quantitative estimate of drug-likeness (QED) is 0.879. The molecule has 0 bridgehead atoms. The summed E-state index contributed by atoms with van der Waals surface area (Å²) in [4.78, 5) is 26.2. The van der Waals surface area contributed by atoms with E-state index in [-0.39, 0.29) is 11.5 Å². The summed E-state index contributed by atoms with van der Waals surface area (Å²) >= 11 is 0. The van der Waals surface area contributed by atoms with Gasteiger partial charge in [-0.25, -0.2) is 4.79 Å². The molecule has 1 unspecified atom stereocenters. The molecule has 1 amide bonds. The Hall–Kier alpha value is -2.14. The minimum atomic E-state index is -0.352. The zero-order valence-electron chi connectivity index (χ0n) is 14.5. The lowest BCUT2D eigenvalue weighted by Gasteiger charge is -2.32. The zero-order valence-corrected chi connectivity index (χ0v) is 14.5. The molecule has 1 fully saturated rings. The lowest BCUT2D eigenvalue weighted by atomic mass is 10.0. The first-order valence-corrected chi connectivity index (χ1v) is 8.53. The van der Waals surface area contributed by atoms with Crippen LogP contribution in [0.4, 0.5) is 5.69 Å². The molecule has 0 radical (unpaired) electrons. The lowest BCUT2D eigenvalue weighted by Crippen LogP contribution is -2.42. The largest absolute Gasteiger partial charge is 0.423 e. The third-order valence-electron chi connectivity index (χ3n) is 4.86. The first-order valence-electron chi connectivity index (χ1n) is 8.53. The molecule has 2 aromatic rings. The lowest BCUT2D eigenvalue weighted by molar-refractivity contribution is -0.118. The smallest absolute Gasteiger partial charge is 0.336 e. The number of benzene rings is 1. The number of anilines is 1. The molecule has 0 saturated carbocycles. The second-order valence-electron chi connectivity index (χ2n) is 6.78. The molecule has 1 atom stereocenters. The fourth-order valence-electron chi connectivity index (χ4n) is 3.37. The molecule has 5 heteroatoms. The van der Waals surface area contributed by atoms with Crippen LogP contribution in [0.1, 0.15) is 37.3 Å². The summed E-state index contributed by atoms with van der Waals surface area (Å²) in [5.41, 5.74) is 2.71. The number of carbonyl (C=O) groups excluding carboxylic acids is 1. The normalized spacial score (nSPS) is 18.7. The fourth-order valence-corrected chi connectivity index (χ4v) is 3.37. The van der Waals surface area contributed by atoms with Gasteiger partial charge in [-0.05, 0) is 63.4 Å². The SMILES string of the molecule is Cc1cc2oc(=O)cc(C)c2cc1NC(=O)CN1CCCCC1C. The number of piperidine rings is 1. The standard InChI is InChI=1S/C19H24N2O3/c1-12-9-19(23)24-17-8-13(2)16(10-15(12)17)20-18(22)11-21-7-5-4-6-14(21)3/h8-10,14H,4-7,11H2,1-3H3,(H,20,22). The van der Waals surface area contributed by atoms with Gasteiger partial charge >= 0.3 is 5.63 Å². The number of rotatable bonds is 3. The molecule has 0 spiro atoms. The van der Waals surface area contributed by atoms with Gasteiger partial charge in [-0.1, -0.05) is 6.42 Å². The minimum Gasteiger partial charge on any atom is -0.423 e. The van der Waals surface area contributed by atoms with E-state index in [0.717, 1.165) is 41.6 Å². The molecule has 5 nitrogen and oxygen atoms in total. The number of nitrogens with one attached hydrogen (secondary N) is 1. The summed E-state index contributed by atoms with van der Waals surface area (Å²) < 4.78 is 5.24. The van der Waals surface area contributed by atoms with Crippen molar-refractivity contribution in [2.45, 2.75) is 46.1 Å². The molecule has 1 N–H and O–H groups in total. The molecule has 3 rings (SSSR count). The molecule has 1 aromatic carbocycles. The molecule has 2 heterocycles. The Kier molecular flexibility index (Phi) is 4.71. The van der Waals surface area contributed by atoms with Crippen LogP contribution in [0.3, 0.4) is 0 Å². The average Bonchev–Trinajstić information content (AvgIpc) is 2.51. The Morgan fingerprint density at radius 1 is 1.25 bits per heavy atom. The Labute approximate surface area is 141 Å². The van der Waals surface area contributed by atoms with Gasteiger partial charge in [0.25, 0.3) is 0 Å². The molecule has 24 heavy (non-hydrogen) atoms. The number of nitrogens with zero attached hydrogens (tertiary/aromatic N) is 1. The van der Waals surface area contributed by atoms with Crippen molar-refractivity contribution in [2.24, 2.45) is 0 Å². The molecular weight excluding hydrogens is 304 g/mol. The Morgan fingerprint density at radius 2 is 2.04 bits per heavy atom. The van der Waals surface area contributed by atoms with Crippen LogP contribution in [0.15, 0.2) is 27.4 Å². The maximum absolute atomic E-state index is 12.4. The van der Waals surface area contributed by atoms with Gasteiger partial charge in [0.1, 0.15) is 5.58 Å². The van der Waals surface area contributed by atoms with Crippen molar-refractivity contribution in [1.29, 1.82) is 0 Å². The van der Waals surface area contributed by atoms with Gasteiger partial charge < -0.3 is 9.73 Å². The molecule has 128 valence electrons. The van der Waals surface area contributed by atoms with Crippen molar-refractivity contribution in [3.63, 3.8) is 0 Å². The van der Waals surface area contributed by atoms with E-state index in [0.29, 0.717) is 18.2 Å². The molecule has 1 aliphatic rings. The average molecular weight is 328 g/mol. The van der Waals surface area contributed by atoms with E-state index in [4.69, 9.17) is 4.42 Å². The molecular formula is C19H24N2O3. The van der Waals surface area contributed by atoms with E-state index in [2.05, 4.69) is 17.1 Å². The first kappa shape index (κ1) is 16.7. The van der Waals surface area contributed by atoms with Crippen molar-refractivity contribution < 1.29 is 9.21 Å². The van der Waals surface area contributed by atoms with Gasteiger partial charge in [0, 0.05) is 23.2 Å². The van der Waals surface area contributed by atoms with Crippen molar-refractivity contribution in [2.75, 3.05) is 18.4 Å². The van der Waals surface area contributed by atoms with Gasteiger partial charge in [-0.15, -0.1) is 0 Å².